The van der Waals surface area contributed by atoms with Gasteiger partial charge in [0.25, 0.3) is 5.56 Å². The third kappa shape index (κ3) is 2.37. The van der Waals surface area contributed by atoms with Gasteiger partial charge in [0.1, 0.15) is 0 Å². The first-order chi connectivity index (χ1) is 10.1. The van der Waals surface area contributed by atoms with E-state index in [-0.39, 0.29) is 11.6 Å². The van der Waals surface area contributed by atoms with Gasteiger partial charge in [0.15, 0.2) is 5.65 Å². The summed E-state index contributed by atoms with van der Waals surface area (Å²) < 4.78 is 3.41. The van der Waals surface area contributed by atoms with Crippen molar-refractivity contribution < 1.29 is 0 Å². The average molecular weight is 285 g/mol. The van der Waals surface area contributed by atoms with Crippen molar-refractivity contribution in [1.82, 2.24) is 24.4 Å². The molecule has 3 aromatic heterocycles. The first-order valence-corrected chi connectivity index (χ1v) is 7.19. The van der Waals surface area contributed by atoms with Gasteiger partial charge in [-0.25, -0.2) is 9.50 Å². The molecule has 110 valence electrons. The molecule has 6 heteroatoms. The Morgan fingerprint density at radius 1 is 1.43 bits per heavy atom. The molecule has 1 unspecified atom stereocenters. The number of hydrogen-bond acceptors (Lipinski definition) is 3. The van der Waals surface area contributed by atoms with Crippen LogP contribution in [0.1, 0.15) is 36.8 Å². The first kappa shape index (κ1) is 13.6. The van der Waals surface area contributed by atoms with E-state index in [4.69, 9.17) is 0 Å². The zero-order valence-corrected chi connectivity index (χ0v) is 12.5. The minimum absolute atomic E-state index is 0.0644. The smallest absolute Gasteiger partial charge is 0.272 e. The Bertz CT molecular complexity index is 813. The maximum atomic E-state index is 12.2. The molecule has 3 aromatic rings. The SMILES string of the molecule is CCc1c(C)[nH]n2c(=O)cc(CC(C)n3cccn3)nc12. The van der Waals surface area contributed by atoms with E-state index in [1.807, 2.05) is 23.9 Å². The van der Waals surface area contributed by atoms with Crippen LogP contribution in [0.5, 0.6) is 0 Å². The van der Waals surface area contributed by atoms with Crippen molar-refractivity contribution in [3.8, 4) is 0 Å². The average Bonchev–Trinajstić information content (AvgIpc) is 3.06. The Labute approximate surface area is 122 Å². The van der Waals surface area contributed by atoms with Gasteiger partial charge in [-0.2, -0.15) is 5.10 Å². The fourth-order valence-electron chi connectivity index (χ4n) is 2.71. The van der Waals surface area contributed by atoms with Gasteiger partial charge in [-0.3, -0.25) is 14.6 Å². The summed E-state index contributed by atoms with van der Waals surface area (Å²) in [6.45, 7) is 6.11. The third-order valence-electron chi connectivity index (χ3n) is 3.81. The number of aromatic nitrogens is 5. The summed E-state index contributed by atoms with van der Waals surface area (Å²) in [5, 5.41) is 7.31. The molecular weight excluding hydrogens is 266 g/mol. The first-order valence-electron chi connectivity index (χ1n) is 7.19. The predicted octanol–water partition coefficient (Wildman–Crippen LogP) is 1.89. The molecule has 0 amide bonds. The normalized spacial score (nSPS) is 12.9. The maximum Gasteiger partial charge on any atom is 0.272 e. The summed E-state index contributed by atoms with van der Waals surface area (Å²) >= 11 is 0. The second-order valence-electron chi connectivity index (χ2n) is 5.35. The van der Waals surface area contributed by atoms with Crippen LogP contribution in [0.25, 0.3) is 5.65 Å². The zero-order chi connectivity index (χ0) is 15.0. The highest BCUT2D eigenvalue weighted by Gasteiger charge is 2.13. The Morgan fingerprint density at radius 2 is 2.24 bits per heavy atom. The number of nitrogens with zero attached hydrogens (tertiary/aromatic N) is 4. The van der Waals surface area contributed by atoms with Gasteiger partial charge >= 0.3 is 0 Å². The number of fused-ring (bicyclic) bond motifs is 1. The number of rotatable bonds is 4. The van der Waals surface area contributed by atoms with Gasteiger partial charge in [0, 0.05) is 36.1 Å². The minimum atomic E-state index is -0.0644. The Hall–Kier alpha value is -2.37. The van der Waals surface area contributed by atoms with Crippen molar-refractivity contribution >= 4 is 5.65 Å². The second kappa shape index (κ2) is 5.20. The molecule has 0 radical (unpaired) electrons. The van der Waals surface area contributed by atoms with Crippen LogP contribution in [-0.4, -0.2) is 24.4 Å². The van der Waals surface area contributed by atoms with Crippen LogP contribution in [-0.2, 0) is 12.8 Å². The lowest BCUT2D eigenvalue weighted by atomic mass is 10.1. The molecule has 21 heavy (non-hydrogen) atoms. The molecule has 0 aliphatic heterocycles. The van der Waals surface area contributed by atoms with Gasteiger partial charge in [-0.15, -0.1) is 0 Å². The third-order valence-corrected chi connectivity index (χ3v) is 3.81. The van der Waals surface area contributed by atoms with E-state index in [1.54, 1.807) is 12.3 Å². The molecule has 0 bridgehead atoms. The molecule has 0 saturated heterocycles. The summed E-state index contributed by atoms with van der Waals surface area (Å²) in [6.07, 6.45) is 5.21. The number of aryl methyl sites for hydroxylation is 2. The molecule has 6 nitrogen and oxygen atoms in total. The maximum absolute atomic E-state index is 12.2. The molecule has 1 N–H and O–H groups in total. The summed E-state index contributed by atoms with van der Waals surface area (Å²) in [5.74, 6) is 0. The molecule has 0 fully saturated rings. The van der Waals surface area contributed by atoms with Crippen LogP contribution < -0.4 is 5.56 Å². The van der Waals surface area contributed by atoms with E-state index < -0.39 is 0 Å². The Morgan fingerprint density at radius 3 is 2.90 bits per heavy atom. The van der Waals surface area contributed by atoms with E-state index in [0.717, 1.165) is 29.0 Å². The molecule has 3 rings (SSSR count). The lowest BCUT2D eigenvalue weighted by Crippen LogP contribution is -2.18. The fourth-order valence-corrected chi connectivity index (χ4v) is 2.71. The number of H-pyrrole nitrogens is 1. The highest BCUT2D eigenvalue weighted by molar-refractivity contribution is 5.50. The van der Waals surface area contributed by atoms with Crippen molar-refractivity contribution in [1.29, 1.82) is 0 Å². The van der Waals surface area contributed by atoms with Crippen LogP contribution >= 0.6 is 0 Å². The molecule has 0 aliphatic carbocycles. The molecular formula is C15H19N5O. The van der Waals surface area contributed by atoms with Crippen LogP contribution in [0, 0.1) is 6.92 Å². The van der Waals surface area contributed by atoms with Gasteiger partial charge < -0.3 is 0 Å². The van der Waals surface area contributed by atoms with Gasteiger partial charge in [0.2, 0.25) is 0 Å². The quantitative estimate of drug-likeness (QED) is 0.796. The van der Waals surface area contributed by atoms with E-state index in [1.165, 1.54) is 4.52 Å². The lowest BCUT2D eigenvalue weighted by molar-refractivity contribution is 0.484. The zero-order valence-electron chi connectivity index (χ0n) is 12.5. The molecule has 0 saturated carbocycles. The minimum Gasteiger partial charge on any atom is -0.294 e. The van der Waals surface area contributed by atoms with Gasteiger partial charge in [-0.05, 0) is 26.3 Å². The van der Waals surface area contributed by atoms with Crippen molar-refractivity contribution in [2.24, 2.45) is 0 Å². The topological polar surface area (TPSA) is 68.0 Å². The van der Waals surface area contributed by atoms with Crippen LogP contribution in [0.2, 0.25) is 0 Å². The van der Waals surface area contributed by atoms with Crippen molar-refractivity contribution in [2.45, 2.75) is 39.7 Å². The number of aromatic amines is 1. The Balaban J connectivity index is 2.02. The molecule has 0 spiro atoms. The summed E-state index contributed by atoms with van der Waals surface area (Å²) in [6, 6.07) is 3.66. The van der Waals surface area contributed by atoms with Crippen LogP contribution in [0.3, 0.4) is 0 Å². The largest absolute Gasteiger partial charge is 0.294 e. The summed E-state index contributed by atoms with van der Waals surface area (Å²) in [7, 11) is 0. The monoisotopic (exact) mass is 285 g/mol. The van der Waals surface area contributed by atoms with Gasteiger partial charge in [0.05, 0.1) is 11.7 Å². The van der Waals surface area contributed by atoms with Crippen molar-refractivity contribution in [3.05, 3.63) is 51.8 Å². The summed E-state index contributed by atoms with van der Waals surface area (Å²) in [5.41, 5.74) is 3.58. The molecule has 3 heterocycles. The van der Waals surface area contributed by atoms with Crippen molar-refractivity contribution in [3.63, 3.8) is 0 Å². The second-order valence-corrected chi connectivity index (χ2v) is 5.35. The van der Waals surface area contributed by atoms with E-state index >= 15 is 0 Å². The number of hydrogen-bond donors (Lipinski definition) is 1. The standard InChI is InChI=1S/C15H19N5O/c1-4-13-11(3)18-20-14(21)9-12(17-15(13)20)8-10(2)19-7-5-6-16-19/h5-7,9-10,18H,4,8H2,1-3H3. The Kier molecular flexibility index (Phi) is 3.37. The molecule has 0 aromatic carbocycles. The van der Waals surface area contributed by atoms with E-state index in [9.17, 15) is 4.79 Å². The number of nitrogens with one attached hydrogen (secondary N) is 1. The van der Waals surface area contributed by atoms with Crippen LogP contribution in [0.4, 0.5) is 0 Å². The fraction of sp³-hybridized carbons (Fsp3) is 0.400. The highest BCUT2D eigenvalue weighted by atomic mass is 16.1. The van der Waals surface area contributed by atoms with Crippen LogP contribution in [0.15, 0.2) is 29.3 Å². The van der Waals surface area contributed by atoms with Gasteiger partial charge in [-0.1, -0.05) is 6.92 Å². The lowest BCUT2D eigenvalue weighted by Gasteiger charge is -2.11. The predicted molar refractivity (Wildman–Crippen MR) is 80.6 cm³/mol. The molecule has 1 atom stereocenters. The summed E-state index contributed by atoms with van der Waals surface area (Å²) in [4.78, 5) is 16.9. The molecule has 0 aliphatic rings. The highest BCUT2D eigenvalue weighted by Crippen LogP contribution is 2.15. The van der Waals surface area contributed by atoms with E-state index in [0.29, 0.717) is 6.42 Å². The van der Waals surface area contributed by atoms with Crippen molar-refractivity contribution in [2.75, 3.05) is 0 Å². The van der Waals surface area contributed by atoms with E-state index in [2.05, 4.69) is 29.0 Å².